The van der Waals surface area contributed by atoms with Gasteiger partial charge in [0.15, 0.2) is 5.78 Å². The SMILES string of the molecule is CC(=O)/C=C/c1cn[nH]c1[N+](=O)[O-]. The topological polar surface area (TPSA) is 88.9 Å². The molecule has 0 fully saturated rings. The van der Waals surface area contributed by atoms with Crippen LogP contribution >= 0.6 is 0 Å². The molecule has 13 heavy (non-hydrogen) atoms. The number of hydrogen-bond acceptors (Lipinski definition) is 4. The lowest BCUT2D eigenvalue weighted by Crippen LogP contribution is -1.90. The van der Waals surface area contributed by atoms with Crippen LogP contribution in [0, 0.1) is 10.1 Å². The van der Waals surface area contributed by atoms with E-state index in [1.807, 2.05) is 0 Å². The minimum Gasteiger partial charge on any atom is -0.358 e. The molecule has 0 aliphatic rings. The average Bonchev–Trinajstić information content (AvgIpc) is 2.47. The fourth-order valence-corrected chi connectivity index (χ4v) is 0.764. The molecule has 0 unspecified atom stereocenters. The van der Waals surface area contributed by atoms with Gasteiger partial charge in [0.1, 0.15) is 0 Å². The summed E-state index contributed by atoms with van der Waals surface area (Å²) in [5.41, 5.74) is 0.292. The lowest BCUT2D eigenvalue weighted by molar-refractivity contribution is -0.389. The predicted molar refractivity (Wildman–Crippen MR) is 45.0 cm³/mol. The molecule has 0 amide bonds. The van der Waals surface area contributed by atoms with Gasteiger partial charge in [-0.2, -0.15) is 0 Å². The zero-order valence-corrected chi connectivity index (χ0v) is 6.85. The van der Waals surface area contributed by atoms with Crippen molar-refractivity contribution in [3.8, 4) is 0 Å². The van der Waals surface area contributed by atoms with E-state index in [-0.39, 0.29) is 11.6 Å². The molecule has 0 saturated carbocycles. The number of hydrogen-bond donors (Lipinski definition) is 1. The van der Waals surface area contributed by atoms with Gasteiger partial charge in [-0.1, -0.05) is 5.10 Å². The number of carbonyl (C=O) groups is 1. The summed E-state index contributed by atoms with van der Waals surface area (Å²) in [4.78, 5) is 20.3. The molecule has 0 spiro atoms. The summed E-state index contributed by atoms with van der Waals surface area (Å²) >= 11 is 0. The highest BCUT2D eigenvalue weighted by Crippen LogP contribution is 2.14. The van der Waals surface area contributed by atoms with E-state index >= 15 is 0 Å². The number of aromatic nitrogens is 2. The monoisotopic (exact) mass is 181 g/mol. The molecule has 0 bridgehead atoms. The lowest BCUT2D eigenvalue weighted by Gasteiger charge is -1.89. The van der Waals surface area contributed by atoms with Gasteiger partial charge >= 0.3 is 5.82 Å². The number of carbonyl (C=O) groups excluding carboxylic acids is 1. The molecule has 6 nitrogen and oxygen atoms in total. The van der Waals surface area contributed by atoms with Gasteiger partial charge in [0, 0.05) is 0 Å². The lowest BCUT2D eigenvalue weighted by atomic mass is 10.3. The molecule has 1 rings (SSSR count). The van der Waals surface area contributed by atoms with Crippen molar-refractivity contribution in [2.75, 3.05) is 0 Å². The highest BCUT2D eigenvalue weighted by Gasteiger charge is 2.11. The highest BCUT2D eigenvalue weighted by atomic mass is 16.6. The molecule has 68 valence electrons. The first-order chi connectivity index (χ1) is 6.11. The first kappa shape index (κ1) is 9.11. The summed E-state index contributed by atoms with van der Waals surface area (Å²) in [6.07, 6.45) is 3.89. The largest absolute Gasteiger partial charge is 0.358 e. The molecule has 0 aromatic carbocycles. The van der Waals surface area contributed by atoms with Crippen LogP contribution in [0.3, 0.4) is 0 Å². The first-order valence-electron chi connectivity index (χ1n) is 3.47. The van der Waals surface area contributed by atoms with E-state index < -0.39 is 4.92 Å². The van der Waals surface area contributed by atoms with Crippen LogP contribution in [0.25, 0.3) is 6.08 Å². The summed E-state index contributed by atoms with van der Waals surface area (Å²) in [5, 5.41) is 16.1. The van der Waals surface area contributed by atoms with Crippen molar-refractivity contribution in [2.24, 2.45) is 0 Å². The number of rotatable bonds is 3. The zero-order chi connectivity index (χ0) is 9.84. The Hall–Kier alpha value is -1.98. The molecule has 0 saturated heterocycles. The second kappa shape index (κ2) is 3.61. The maximum Gasteiger partial charge on any atom is 0.349 e. The van der Waals surface area contributed by atoms with Gasteiger partial charge in [0.25, 0.3) is 0 Å². The summed E-state index contributed by atoms with van der Waals surface area (Å²) in [6, 6.07) is 0. The second-order valence-corrected chi connectivity index (χ2v) is 2.38. The van der Waals surface area contributed by atoms with Crippen molar-refractivity contribution in [1.82, 2.24) is 10.2 Å². The van der Waals surface area contributed by atoms with E-state index in [1.165, 1.54) is 25.3 Å². The van der Waals surface area contributed by atoms with Crippen molar-refractivity contribution in [2.45, 2.75) is 6.92 Å². The zero-order valence-electron chi connectivity index (χ0n) is 6.85. The molecule has 1 heterocycles. The number of allylic oxidation sites excluding steroid dienone is 1. The Morgan fingerprint density at radius 3 is 3.00 bits per heavy atom. The molecular weight excluding hydrogens is 174 g/mol. The van der Waals surface area contributed by atoms with Gasteiger partial charge in [-0.3, -0.25) is 4.79 Å². The summed E-state index contributed by atoms with van der Waals surface area (Å²) in [5.74, 6) is -0.381. The molecule has 0 atom stereocenters. The number of ketones is 1. The van der Waals surface area contributed by atoms with Crippen LogP contribution in [0.1, 0.15) is 12.5 Å². The maximum atomic E-state index is 10.5. The molecule has 0 aliphatic heterocycles. The van der Waals surface area contributed by atoms with Gasteiger partial charge in [-0.15, -0.1) is 5.10 Å². The van der Waals surface area contributed by atoms with E-state index in [4.69, 9.17) is 0 Å². The second-order valence-electron chi connectivity index (χ2n) is 2.38. The van der Waals surface area contributed by atoms with Crippen molar-refractivity contribution < 1.29 is 9.72 Å². The maximum absolute atomic E-state index is 10.5. The standard InChI is InChI=1S/C7H7N3O3/c1-5(11)2-3-6-4-8-9-7(6)10(12)13/h2-4H,1H3,(H,8,9)/b3-2+. The molecular formula is C7H7N3O3. The van der Waals surface area contributed by atoms with Crippen LogP contribution in [-0.2, 0) is 4.79 Å². The smallest absolute Gasteiger partial charge is 0.349 e. The van der Waals surface area contributed by atoms with E-state index in [0.29, 0.717) is 5.56 Å². The molecule has 1 aromatic rings. The summed E-state index contributed by atoms with van der Waals surface area (Å²) < 4.78 is 0. The number of nitrogens with one attached hydrogen (secondary N) is 1. The van der Waals surface area contributed by atoms with Gasteiger partial charge in [-0.25, -0.2) is 0 Å². The third kappa shape index (κ3) is 2.22. The van der Waals surface area contributed by atoms with E-state index in [1.54, 1.807) is 0 Å². The number of H-pyrrole nitrogens is 1. The Bertz CT molecular complexity index is 367. The van der Waals surface area contributed by atoms with Crippen molar-refractivity contribution in [3.63, 3.8) is 0 Å². The Kier molecular flexibility index (Phi) is 2.53. The fourth-order valence-electron chi connectivity index (χ4n) is 0.764. The predicted octanol–water partition coefficient (Wildman–Crippen LogP) is 0.920. The third-order valence-electron chi connectivity index (χ3n) is 1.33. The number of nitro groups is 1. The van der Waals surface area contributed by atoms with Crippen molar-refractivity contribution in [3.05, 3.63) is 28.0 Å². The quantitative estimate of drug-likeness (QED) is 0.426. The number of aromatic amines is 1. The molecule has 1 aromatic heterocycles. The molecule has 0 radical (unpaired) electrons. The average molecular weight is 181 g/mol. The minimum absolute atomic E-state index is 0.171. The molecule has 6 heteroatoms. The van der Waals surface area contributed by atoms with Crippen LogP contribution < -0.4 is 0 Å². The first-order valence-corrected chi connectivity index (χ1v) is 3.47. The summed E-state index contributed by atoms with van der Waals surface area (Å²) in [7, 11) is 0. The van der Waals surface area contributed by atoms with E-state index in [2.05, 4.69) is 10.2 Å². The van der Waals surface area contributed by atoms with E-state index in [0.717, 1.165) is 0 Å². The Morgan fingerprint density at radius 1 is 1.77 bits per heavy atom. The van der Waals surface area contributed by atoms with E-state index in [9.17, 15) is 14.9 Å². The minimum atomic E-state index is -0.590. The fraction of sp³-hybridized carbons (Fsp3) is 0.143. The van der Waals surface area contributed by atoms with Crippen LogP contribution in [0.15, 0.2) is 12.3 Å². The van der Waals surface area contributed by atoms with Gasteiger partial charge in [-0.05, 0) is 24.0 Å². The van der Waals surface area contributed by atoms with Gasteiger partial charge < -0.3 is 10.1 Å². The van der Waals surface area contributed by atoms with Crippen LogP contribution in [0.4, 0.5) is 5.82 Å². The number of nitrogens with zero attached hydrogens (tertiary/aromatic N) is 2. The molecule has 0 aliphatic carbocycles. The highest BCUT2D eigenvalue weighted by molar-refractivity contribution is 5.91. The molecule has 1 N–H and O–H groups in total. The normalized spacial score (nSPS) is 10.5. The van der Waals surface area contributed by atoms with Gasteiger partial charge in [0.05, 0.1) is 11.8 Å². The van der Waals surface area contributed by atoms with Crippen LogP contribution in [0.5, 0.6) is 0 Å². The van der Waals surface area contributed by atoms with Gasteiger partial charge in [0.2, 0.25) is 0 Å². The third-order valence-corrected chi connectivity index (χ3v) is 1.33. The Labute approximate surface area is 73.4 Å². The van der Waals surface area contributed by atoms with Crippen LogP contribution in [-0.4, -0.2) is 20.9 Å². The Balaban J connectivity index is 2.95. The van der Waals surface area contributed by atoms with Crippen LogP contribution in [0.2, 0.25) is 0 Å². The Morgan fingerprint density at radius 2 is 2.46 bits per heavy atom. The van der Waals surface area contributed by atoms with Crippen molar-refractivity contribution in [1.29, 1.82) is 0 Å². The summed E-state index contributed by atoms with van der Waals surface area (Å²) in [6.45, 7) is 1.36. The van der Waals surface area contributed by atoms with Crippen molar-refractivity contribution >= 4 is 17.7 Å².